The fraction of sp³-hybridized carbons (Fsp3) is 0.333. The van der Waals surface area contributed by atoms with Crippen LogP contribution in [0.1, 0.15) is 30.8 Å². The van der Waals surface area contributed by atoms with Crippen molar-refractivity contribution >= 4 is 11.7 Å². The summed E-state index contributed by atoms with van der Waals surface area (Å²) in [5.41, 5.74) is 2.28. The van der Waals surface area contributed by atoms with Crippen LogP contribution >= 0.6 is 0 Å². The lowest BCUT2D eigenvalue weighted by Gasteiger charge is -2.26. The van der Waals surface area contributed by atoms with Gasteiger partial charge >= 0.3 is 0 Å². The normalized spacial score (nSPS) is 11.6. The third-order valence-corrected chi connectivity index (χ3v) is 4.01. The van der Waals surface area contributed by atoms with E-state index in [-0.39, 0.29) is 17.7 Å². The van der Waals surface area contributed by atoms with Crippen LogP contribution in [0.25, 0.3) is 5.78 Å². The molecule has 1 N–H and O–H groups in total. The summed E-state index contributed by atoms with van der Waals surface area (Å²) in [5, 5.41) is 7.23. The van der Waals surface area contributed by atoms with Crippen molar-refractivity contribution in [3.63, 3.8) is 0 Å². The van der Waals surface area contributed by atoms with E-state index in [1.165, 1.54) is 11.1 Å². The van der Waals surface area contributed by atoms with E-state index in [9.17, 15) is 4.79 Å². The average molecular weight is 323 g/mol. The van der Waals surface area contributed by atoms with Gasteiger partial charge in [0.25, 0.3) is 5.78 Å². The highest BCUT2D eigenvalue weighted by atomic mass is 16.1. The Bertz CT molecular complexity index is 835. The quantitative estimate of drug-likeness (QED) is 0.780. The monoisotopic (exact) mass is 323 g/mol. The summed E-state index contributed by atoms with van der Waals surface area (Å²) >= 11 is 0. The topological polar surface area (TPSA) is 72.2 Å². The molecule has 0 bridgehead atoms. The van der Waals surface area contributed by atoms with Crippen molar-refractivity contribution in [1.82, 2.24) is 24.9 Å². The van der Waals surface area contributed by atoms with Crippen LogP contribution in [0.5, 0.6) is 0 Å². The smallest absolute Gasteiger partial charge is 0.252 e. The second kappa shape index (κ2) is 6.39. The Labute approximate surface area is 141 Å². The van der Waals surface area contributed by atoms with Crippen LogP contribution in [0.2, 0.25) is 0 Å². The minimum absolute atomic E-state index is 0.0911. The second-order valence-electron chi connectivity index (χ2n) is 6.60. The van der Waals surface area contributed by atoms with Crippen molar-refractivity contribution in [3.8, 4) is 0 Å². The van der Waals surface area contributed by atoms with Crippen molar-refractivity contribution in [3.05, 3.63) is 59.7 Å². The molecule has 0 atom stereocenters. The molecule has 3 aromatic rings. The Kier molecular flexibility index (Phi) is 4.29. The molecule has 0 spiro atoms. The fourth-order valence-electron chi connectivity index (χ4n) is 2.54. The standard InChI is InChI=1S/C18H21N5O/c1-13-6-4-7-14(10-13)18(2,3)12-20-16(24)11-15-21-17-19-8-5-9-23(17)22-15/h4-10H,11-12H2,1-3H3,(H,20,24). The van der Waals surface area contributed by atoms with Crippen LogP contribution in [-0.4, -0.2) is 32.0 Å². The zero-order chi connectivity index (χ0) is 17.2. The molecule has 0 aliphatic carbocycles. The number of carbonyl (C=O) groups is 1. The van der Waals surface area contributed by atoms with Gasteiger partial charge in [-0.1, -0.05) is 43.7 Å². The lowest BCUT2D eigenvalue weighted by atomic mass is 9.84. The third kappa shape index (κ3) is 3.59. The number of nitrogens with zero attached hydrogens (tertiary/aromatic N) is 4. The Balaban J connectivity index is 1.62. The van der Waals surface area contributed by atoms with Gasteiger partial charge in [-0.15, -0.1) is 5.10 Å². The molecule has 24 heavy (non-hydrogen) atoms. The maximum absolute atomic E-state index is 12.2. The first kappa shape index (κ1) is 16.1. The van der Waals surface area contributed by atoms with Crippen LogP contribution in [0, 0.1) is 6.92 Å². The van der Waals surface area contributed by atoms with Gasteiger partial charge in [0.15, 0.2) is 5.82 Å². The van der Waals surface area contributed by atoms with E-state index in [1.54, 1.807) is 23.0 Å². The molecule has 0 unspecified atom stereocenters. The zero-order valence-electron chi connectivity index (χ0n) is 14.2. The molecule has 0 aliphatic rings. The van der Waals surface area contributed by atoms with E-state index in [0.717, 1.165) is 0 Å². The summed E-state index contributed by atoms with van der Waals surface area (Å²) in [6.07, 6.45) is 3.56. The third-order valence-electron chi connectivity index (χ3n) is 4.01. The lowest BCUT2D eigenvalue weighted by Crippen LogP contribution is -2.37. The van der Waals surface area contributed by atoms with Gasteiger partial charge in [0.05, 0.1) is 6.42 Å². The molecule has 124 valence electrons. The first-order valence-electron chi connectivity index (χ1n) is 7.94. The van der Waals surface area contributed by atoms with Gasteiger partial charge in [0.2, 0.25) is 5.91 Å². The highest BCUT2D eigenvalue weighted by Crippen LogP contribution is 2.23. The van der Waals surface area contributed by atoms with Gasteiger partial charge < -0.3 is 5.32 Å². The van der Waals surface area contributed by atoms with E-state index in [2.05, 4.69) is 59.4 Å². The molecule has 0 saturated carbocycles. The highest BCUT2D eigenvalue weighted by Gasteiger charge is 2.22. The lowest BCUT2D eigenvalue weighted by molar-refractivity contribution is -0.120. The van der Waals surface area contributed by atoms with Crippen molar-refractivity contribution in [1.29, 1.82) is 0 Å². The van der Waals surface area contributed by atoms with Gasteiger partial charge in [-0.05, 0) is 18.6 Å². The summed E-state index contributed by atoms with van der Waals surface area (Å²) in [4.78, 5) is 20.6. The summed E-state index contributed by atoms with van der Waals surface area (Å²) in [6, 6.07) is 10.1. The molecule has 3 rings (SSSR count). The number of hydrogen-bond acceptors (Lipinski definition) is 4. The fourth-order valence-corrected chi connectivity index (χ4v) is 2.54. The SMILES string of the molecule is Cc1cccc(C(C)(C)CNC(=O)Cc2nc3ncccn3n2)c1. The Morgan fingerprint density at radius 3 is 2.88 bits per heavy atom. The molecular formula is C18H21N5O. The first-order chi connectivity index (χ1) is 11.4. The van der Waals surface area contributed by atoms with Crippen LogP contribution in [-0.2, 0) is 16.6 Å². The minimum Gasteiger partial charge on any atom is -0.355 e. The van der Waals surface area contributed by atoms with E-state index in [4.69, 9.17) is 0 Å². The van der Waals surface area contributed by atoms with E-state index in [0.29, 0.717) is 18.1 Å². The summed E-state index contributed by atoms with van der Waals surface area (Å²) in [6.45, 7) is 6.87. The van der Waals surface area contributed by atoms with Crippen molar-refractivity contribution in [2.75, 3.05) is 6.54 Å². The van der Waals surface area contributed by atoms with Gasteiger partial charge in [-0.3, -0.25) is 4.79 Å². The molecule has 1 amide bonds. The molecule has 2 aromatic heterocycles. The number of benzene rings is 1. The molecule has 6 nitrogen and oxygen atoms in total. The van der Waals surface area contributed by atoms with Gasteiger partial charge in [-0.25, -0.2) is 9.50 Å². The molecule has 1 aromatic carbocycles. The number of carbonyl (C=O) groups excluding carboxylic acids is 1. The zero-order valence-corrected chi connectivity index (χ0v) is 14.2. The number of rotatable bonds is 5. The van der Waals surface area contributed by atoms with Crippen LogP contribution in [0.4, 0.5) is 0 Å². The molecule has 0 aliphatic heterocycles. The largest absolute Gasteiger partial charge is 0.355 e. The van der Waals surface area contributed by atoms with Crippen LogP contribution in [0.3, 0.4) is 0 Å². The second-order valence-corrected chi connectivity index (χ2v) is 6.60. The molecular weight excluding hydrogens is 302 g/mol. The molecule has 0 fully saturated rings. The van der Waals surface area contributed by atoms with Crippen LogP contribution < -0.4 is 5.32 Å². The van der Waals surface area contributed by atoms with Crippen molar-refractivity contribution < 1.29 is 4.79 Å². The molecule has 0 saturated heterocycles. The maximum atomic E-state index is 12.2. The Hall–Kier alpha value is -2.76. The number of hydrogen-bond donors (Lipinski definition) is 1. The molecule has 0 radical (unpaired) electrons. The van der Waals surface area contributed by atoms with Crippen molar-refractivity contribution in [2.45, 2.75) is 32.6 Å². The number of aromatic nitrogens is 4. The average Bonchev–Trinajstić information content (AvgIpc) is 2.95. The minimum atomic E-state index is -0.143. The predicted octanol–water partition coefficient (Wildman–Crippen LogP) is 2.07. The summed E-state index contributed by atoms with van der Waals surface area (Å²) in [5.74, 6) is 0.881. The molecule has 6 heteroatoms. The Morgan fingerprint density at radius 2 is 2.12 bits per heavy atom. The van der Waals surface area contributed by atoms with Gasteiger partial charge in [0, 0.05) is 24.4 Å². The van der Waals surface area contributed by atoms with Gasteiger partial charge in [-0.2, -0.15) is 4.98 Å². The van der Waals surface area contributed by atoms with Crippen LogP contribution in [0.15, 0.2) is 42.7 Å². The predicted molar refractivity (Wildman–Crippen MR) is 91.7 cm³/mol. The number of aryl methyl sites for hydroxylation is 1. The number of nitrogens with one attached hydrogen (secondary N) is 1. The highest BCUT2D eigenvalue weighted by molar-refractivity contribution is 5.77. The summed E-state index contributed by atoms with van der Waals surface area (Å²) in [7, 11) is 0. The number of amides is 1. The van der Waals surface area contributed by atoms with Crippen molar-refractivity contribution in [2.24, 2.45) is 0 Å². The molecule has 2 heterocycles. The summed E-state index contributed by atoms with van der Waals surface area (Å²) < 4.78 is 1.57. The number of fused-ring (bicyclic) bond motifs is 1. The van der Waals surface area contributed by atoms with Gasteiger partial charge in [0.1, 0.15) is 0 Å². The van der Waals surface area contributed by atoms with E-state index >= 15 is 0 Å². The van der Waals surface area contributed by atoms with E-state index in [1.807, 2.05) is 6.07 Å². The first-order valence-corrected chi connectivity index (χ1v) is 7.94. The Morgan fingerprint density at radius 1 is 1.29 bits per heavy atom. The maximum Gasteiger partial charge on any atom is 0.252 e. The van der Waals surface area contributed by atoms with E-state index < -0.39 is 0 Å².